The van der Waals surface area contributed by atoms with Crippen molar-refractivity contribution >= 4 is 49.6 Å². The van der Waals surface area contributed by atoms with Crippen LogP contribution in [-0.2, 0) is 6.42 Å². The zero-order valence-electron chi connectivity index (χ0n) is 26.3. The van der Waals surface area contributed by atoms with Crippen molar-refractivity contribution in [2.45, 2.75) is 12.8 Å². The molecule has 0 aliphatic heterocycles. The minimum Gasteiger partial charge on any atom is -0.309 e. The second kappa shape index (κ2) is 9.70. The van der Waals surface area contributed by atoms with Crippen molar-refractivity contribution in [1.29, 1.82) is 0 Å². The molecule has 2 heteroatoms. The van der Waals surface area contributed by atoms with Crippen LogP contribution in [0.3, 0.4) is 0 Å². The molecule has 7 aromatic carbocycles. The molecule has 9 aromatic rings. The molecule has 0 N–H and O–H groups in total. The minimum absolute atomic E-state index is 1.06. The zero-order valence-corrected chi connectivity index (χ0v) is 26.3. The van der Waals surface area contributed by atoms with Crippen LogP contribution in [0.25, 0.3) is 94.4 Å². The third-order valence-corrected chi connectivity index (χ3v) is 10.7. The molecule has 48 heavy (non-hydrogen) atoms. The first kappa shape index (κ1) is 26.0. The van der Waals surface area contributed by atoms with Crippen LogP contribution in [0.1, 0.15) is 17.5 Å². The van der Waals surface area contributed by atoms with Gasteiger partial charge in [-0.15, -0.1) is 0 Å². The number of hydrogen-bond acceptors (Lipinski definition) is 0. The van der Waals surface area contributed by atoms with Crippen molar-refractivity contribution < 1.29 is 0 Å². The maximum absolute atomic E-state index is 2.56. The molecule has 2 aliphatic carbocycles. The van der Waals surface area contributed by atoms with E-state index in [-0.39, 0.29) is 0 Å². The van der Waals surface area contributed by atoms with E-state index < -0.39 is 0 Å². The Morgan fingerprint density at radius 1 is 0.500 bits per heavy atom. The molecule has 0 atom stereocenters. The van der Waals surface area contributed by atoms with Crippen LogP contribution in [0, 0.1) is 0 Å². The van der Waals surface area contributed by atoms with Crippen molar-refractivity contribution in [3.63, 3.8) is 0 Å². The fraction of sp³-hybridized carbons (Fsp3) is 0.0435. The van der Waals surface area contributed by atoms with Gasteiger partial charge in [0.2, 0.25) is 0 Å². The first-order valence-electron chi connectivity index (χ1n) is 16.9. The lowest BCUT2D eigenvalue weighted by molar-refractivity contribution is 0.956. The van der Waals surface area contributed by atoms with E-state index in [1.165, 1.54) is 99.5 Å². The first-order chi connectivity index (χ1) is 23.8. The van der Waals surface area contributed by atoms with Gasteiger partial charge < -0.3 is 9.13 Å². The molecule has 0 unspecified atom stereocenters. The van der Waals surface area contributed by atoms with Crippen LogP contribution < -0.4 is 0 Å². The fourth-order valence-corrected chi connectivity index (χ4v) is 8.67. The Bertz CT molecular complexity index is 2760. The van der Waals surface area contributed by atoms with Crippen molar-refractivity contribution in [2.75, 3.05) is 0 Å². The van der Waals surface area contributed by atoms with E-state index in [0.717, 1.165) is 12.8 Å². The monoisotopic (exact) mass is 610 g/mol. The Labute approximate surface area is 278 Å². The van der Waals surface area contributed by atoms with Gasteiger partial charge in [-0.3, -0.25) is 0 Å². The lowest BCUT2D eigenvalue weighted by Crippen LogP contribution is -2.05. The molecule has 0 amide bonds. The number of nitrogens with zero attached hydrogens (tertiary/aromatic N) is 2. The average Bonchev–Trinajstić information content (AvgIpc) is 3.78. The standard InChI is InChI=1S/C46H30N2/c1-2-14-34-30(10-1)11-9-21-40(34)48-43-27-24-32(28-39(43)45-37-17-7-12-31-13-8-18-38(44(31)37)46(45)48)29-22-25-33(26-23-29)47-41-19-5-3-15-35(41)36-16-4-6-20-42(36)47/h1,3-13,15-28H,2,14H2. The second-order valence-corrected chi connectivity index (χ2v) is 13.2. The van der Waals surface area contributed by atoms with Gasteiger partial charge in [-0.05, 0) is 93.9 Å². The van der Waals surface area contributed by atoms with Crippen molar-refractivity contribution in [1.82, 2.24) is 9.13 Å². The summed E-state index contributed by atoms with van der Waals surface area (Å²) in [5.41, 5.74) is 16.8. The third kappa shape index (κ3) is 3.47. The van der Waals surface area contributed by atoms with Gasteiger partial charge in [0, 0.05) is 38.7 Å². The van der Waals surface area contributed by atoms with E-state index in [2.05, 4.69) is 167 Å². The van der Waals surface area contributed by atoms with Gasteiger partial charge in [-0.25, -0.2) is 0 Å². The van der Waals surface area contributed by atoms with E-state index in [9.17, 15) is 0 Å². The van der Waals surface area contributed by atoms with Gasteiger partial charge in [0.05, 0.1) is 22.2 Å². The highest BCUT2D eigenvalue weighted by Gasteiger charge is 2.30. The molecule has 0 fully saturated rings. The van der Waals surface area contributed by atoms with Crippen LogP contribution in [-0.4, -0.2) is 9.13 Å². The van der Waals surface area contributed by atoms with Crippen LogP contribution >= 0.6 is 0 Å². The second-order valence-electron chi connectivity index (χ2n) is 13.2. The highest BCUT2D eigenvalue weighted by molar-refractivity contribution is 6.22. The summed E-state index contributed by atoms with van der Waals surface area (Å²) in [4.78, 5) is 0. The molecule has 11 rings (SSSR count). The Balaban J connectivity index is 1.12. The molecular weight excluding hydrogens is 581 g/mol. The SMILES string of the molecule is C1=Cc2cccc(-n3c4c(c5cc(-c6ccc(-n7c8ccccc8c8ccccc87)cc6)ccc53)-c3cccc5cccc-4c35)c2CC1. The largest absolute Gasteiger partial charge is 0.309 e. The minimum atomic E-state index is 1.06. The van der Waals surface area contributed by atoms with E-state index in [0.29, 0.717) is 0 Å². The number of rotatable bonds is 3. The average molecular weight is 611 g/mol. The van der Waals surface area contributed by atoms with Crippen LogP contribution in [0.4, 0.5) is 0 Å². The summed E-state index contributed by atoms with van der Waals surface area (Å²) in [7, 11) is 0. The summed E-state index contributed by atoms with van der Waals surface area (Å²) in [6.07, 6.45) is 6.74. The molecule has 2 heterocycles. The first-order valence-corrected chi connectivity index (χ1v) is 16.9. The van der Waals surface area contributed by atoms with Crippen molar-refractivity contribution in [2.24, 2.45) is 0 Å². The van der Waals surface area contributed by atoms with E-state index >= 15 is 0 Å². The van der Waals surface area contributed by atoms with Gasteiger partial charge in [-0.2, -0.15) is 0 Å². The summed E-state index contributed by atoms with van der Waals surface area (Å²) in [5.74, 6) is 0. The Hall–Kier alpha value is -6.12. The summed E-state index contributed by atoms with van der Waals surface area (Å²) in [6.45, 7) is 0. The Morgan fingerprint density at radius 3 is 1.98 bits per heavy atom. The quantitative estimate of drug-likeness (QED) is 0.188. The molecule has 0 radical (unpaired) electrons. The van der Waals surface area contributed by atoms with Gasteiger partial charge in [0.25, 0.3) is 0 Å². The maximum Gasteiger partial charge on any atom is 0.0626 e. The zero-order chi connectivity index (χ0) is 31.3. The predicted octanol–water partition coefficient (Wildman–Crippen LogP) is 12.2. The molecule has 2 aromatic heterocycles. The molecule has 2 nitrogen and oxygen atoms in total. The fourth-order valence-electron chi connectivity index (χ4n) is 8.67. The molecule has 0 saturated heterocycles. The van der Waals surface area contributed by atoms with Gasteiger partial charge in [-0.1, -0.05) is 115 Å². The van der Waals surface area contributed by atoms with Crippen molar-refractivity contribution in [3.05, 3.63) is 163 Å². The topological polar surface area (TPSA) is 9.86 Å². The molecule has 2 aliphatic rings. The van der Waals surface area contributed by atoms with Gasteiger partial charge >= 0.3 is 0 Å². The van der Waals surface area contributed by atoms with E-state index in [1.807, 2.05) is 0 Å². The summed E-state index contributed by atoms with van der Waals surface area (Å²) >= 11 is 0. The number of aromatic nitrogens is 2. The maximum atomic E-state index is 2.56. The lowest BCUT2D eigenvalue weighted by Gasteiger charge is -2.19. The summed E-state index contributed by atoms with van der Waals surface area (Å²) in [5, 5.41) is 6.55. The normalized spacial score (nSPS) is 13.2. The molecule has 224 valence electrons. The van der Waals surface area contributed by atoms with E-state index in [1.54, 1.807) is 0 Å². The predicted molar refractivity (Wildman–Crippen MR) is 202 cm³/mol. The molecule has 0 spiro atoms. The Kier molecular flexibility index (Phi) is 5.25. The lowest BCUT2D eigenvalue weighted by atomic mass is 9.95. The van der Waals surface area contributed by atoms with Gasteiger partial charge in [0.15, 0.2) is 0 Å². The van der Waals surface area contributed by atoms with Gasteiger partial charge in [0.1, 0.15) is 0 Å². The molecular formula is C46H30N2. The summed E-state index contributed by atoms with van der Waals surface area (Å²) < 4.78 is 4.95. The summed E-state index contributed by atoms with van der Waals surface area (Å²) in [6, 6.07) is 54.0. The highest BCUT2D eigenvalue weighted by Crippen LogP contribution is 2.53. The number of hydrogen-bond donors (Lipinski definition) is 0. The number of fused-ring (bicyclic) bond motifs is 9. The van der Waals surface area contributed by atoms with E-state index in [4.69, 9.17) is 0 Å². The smallest absolute Gasteiger partial charge is 0.0626 e. The van der Waals surface area contributed by atoms with Crippen LogP contribution in [0.5, 0.6) is 0 Å². The number of allylic oxidation sites excluding steroid dienone is 1. The number of benzene rings is 7. The highest BCUT2D eigenvalue weighted by atomic mass is 15.0. The number of para-hydroxylation sites is 2. The van der Waals surface area contributed by atoms with Crippen molar-refractivity contribution in [3.8, 4) is 44.9 Å². The Morgan fingerprint density at radius 2 is 1.19 bits per heavy atom. The van der Waals surface area contributed by atoms with Crippen LogP contribution in [0.15, 0.2) is 152 Å². The third-order valence-electron chi connectivity index (χ3n) is 10.7. The molecule has 0 saturated carbocycles. The molecule has 0 bridgehead atoms. The van der Waals surface area contributed by atoms with Crippen LogP contribution in [0.2, 0.25) is 0 Å².